The van der Waals surface area contributed by atoms with Gasteiger partial charge in [0, 0.05) is 10.6 Å². The molecule has 0 saturated carbocycles. The summed E-state index contributed by atoms with van der Waals surface area (Å²) in [5.74, 6) is 0.441. The number of rotatable bonds is 3. The lowest BCUT2D eigenvalue weighted by Crippen LogP contribution is -1.89. The Morgan fingerprint density at radius 3 is 2.53 bits per heavy atom. The molecular formula is C11H17FN2S. The molecule has 0 aliphatic rings. The predicted octanol–water partition coefficient (Wildman–Crippen LogP) is 3.88. The molecule has 0 fully saturated rings. The average Bonchev–Trinajstić information content (AvgIpc) is 2.21. The van der Waals surface area contributed by atoms with Gasteiger partial charge in [-0.15, -0.1) is 11.8 Å². The van der Waals surface area contributed by atoms with Crippen LogP contribution in [0.15, 0.2) is 22.0 Å². The first kappa shape index (κ1) is 14.0. The van der Waals surface area contributed by atoms with Crippen LogP contribution in [-0.4, -0.2) is 12.5 Å². The molecule has 0 spiro atoms. The summed E-state index contributed by atoms with van der Waals surface area (Å²) < 4.78 is 13.2. The zero-order valence-electron chi connectivity index (χ0n) is 9.38. The van der Waals surface area contributed by atoms with Gasteiger partial charge in [-0.1, -0.05) is 20.8 Å². The molecule has 0 aromatic heterocycles. The van der Waals surface area contributed by atoms with Crippen LogP contribution in [0.4, 0.5) is 15.8 Å². The summed E-state index contributed by atoms with van der Waals surface area (Å²) in [7, 11) is 0. The van der Waals surface area contributed by atoms with Crippen molar-refractivity contribution in [1.29, 1.82) is 0 Å². The highest BCUT2D eigenvalue weighted by atomic mass is 32.2. The molecule has 2 N–H and O–H groups in total. The number of anilines is 1. The topological polar surface area (TPSA) is 38.4 Å². The summed E-state index contributed by atoms with van der Waals surface area (Å²) in [4.78, 5) is 4.37. The van der Waals surface area contributed by atoms with Crippen molar-refractivity contribution in [1.82, 2.24) is 0 Å². The van der Waals surface area contributed by atoms with Crippen LogP contribution >= 0.6 is 11.8 Å². The van der Waals surface area contributed by atoms with Crippen molar-refractivity contribution in [2.75, 3.05) is 11.5 Å². The van der Waals surface area contributed by atoms with Crippen molar-refractivity contribution in [3.05, 3.63) is 17.9 Å². The molecule has 0 atom stereocenters. The summed E-state index contributed by atoms with van der Waals surface area (Å²) in [6, 6.07) is 2.96. The van der Waals surface area contributed by atoms with Crippen molar-refractivity contribution in [3.63, 3.8) is 0 Å². The highest BCUT2D eigenvalue weighted by molar-refractivity contribution is 7.99. The molecule has 0 bridgehead atoms. The van der Waals surface area contributed by atoms with Crippen molar-refractivity contribution in [2.24, 2.45) is 4.99 Å². The van der Waals surface area contributed by atoms with Gasteiger partial charge in [0.05, 0.1) is 0 Å². The summed E-state index contributed by atoms with van der Waals surface area (Å²) in [5, 5.41) is 0. The van der Waals surface area contributed by atoms with Crippen LogP contribution in [0.5, 0.6) is 0 Å². The molecule has 0 amide bonds. The van der Waals surface area contributed by atoms with E-state index in [1.165, 1.54) is 17.8 Å². The Morgan fingerprint density at radius 2 is 2.07 bits per heavy atom. The minimum atomic E-state index is -0.411. The normalized spacial score (nSPS) is 9.07. The van der Waals surface area contributed by atoms with Gasteiger partial charge in [-0.2, -0.15) is 0 Å². The van der Waals surface area contributed by atoms with Gasteiger partial charge < -0.3 is 5.73 Å². The zero-order chi connectivity index (χ0) is 11.8. The highest BCUT2D eigenvalue weighted by Gasteiger charge is 2.07. The van der Waals surface area contributed by atoms with E-state index in [0.29, 0.717) is 11.4 Å². The molecule has 0 radical (unpaired) electrons. The molecular weight excluding hydrogens is 211 g/mol. The number of nitrogen functional groups attached to an aromatic ring is 1. The maximum Gasteiger partial charge on any atom is 0.151 e. The van der Waals surface area contributed by atoms with E-state index in [9.17, 15) is 4.39 Å². The lowest BCUT2D eigenvalue weighted by Gasteiger charge is -2.05. The molecule has 0 saturated heterocycles. The van der Waals surface area contributed by atoms with Crippen LogP contribution < -0.4 is 5.73 Å². The number of nitrogens with two attached hydrogens (primary N) is 1. The number of hydrogen-bond acceptors (Lipinski definition) is 3. The van der Waals surface area contributed by atoms with E-state index in [2.05, 4.69) is 11.7 Å². The second kappa shape index (κ2) is 7.29. The van der Waals surface area contributed by atoms with E-state index in [1.54, 1.807) is 6.07 Å². The molecule has 84 valence electrons. The van der Waals surface area contributed by atoms with Gasteiger partial charge >= 0.3 is 0 Å². The fourth-order valence-corrected chi connectivity index (χ4v) is 1.84. The Labute approximate surface area is 94.8 Å². The number of nitrogens with zero attached hydrogens (tertiary/aromatic N) is 1. The van der Waals surface area contributed by atoms with Gasteiger partial charge in [-0.3, -0.25) is 4.99 Å². The molecule has 0 unspecified atom stereocenters. The van der Waals surface area contributed by atoms with Gasteiger partial charge in [0.1, 0.15) is 5.69 Å². The standard InChI is InChI=1S/C9H11FN2S.C2H6/c1-3-13-8-5-6(11)4-7(10)9(8)12-2;1-2/h4-5H,2-3,11H2,1H3;1-2H3. The third kappa shape index (κ3) is 3.91. The van der Waals surface area contributed by atoms with Crippen LogP contribution in [0, 0.1) is 5.82 Å². The Bertz CT molecular complexity index is 327. The van der Waals surface area contributed by atoms with Gasteiger partial charge in [-0.25, -0.2) is 4.39 Å². The summed E-state index contributed by atoms with van der Waals surface area (Å²) in [6.45, 7) is 9.30. The van der Waals surface area contributed by atoms with Crippen LogP contribution in [0.2, 0.25) is 0 Å². The number of benzene rings is 1. The highest BCUT2D eigenvalue weighted by Crippen LogP contribution is 2.33. The Hall–Kier alpha value is -1.03. The number of thioether (sulfide) groups is 1. The van der Waals surface area contributed by atoms with E-state index < -0.39 is 5.82 Å². The third-order valence-corrected chi connectivity index (χ3v) is 2.42. The first-order valence-corrected chi connectivity index (χ1v) is 5.86. The minimum Gasteiger partial charge on any atom is -0.399 e. The van der Waals surface area contributed by atoms with Crippen molar-refractivity contribution in [3.8, 4) is 0 Å². The van der Waals surface area contributed by atoms with E-state index >= 15 is 0 Å². The molecule has 0 aliphatic carbocycles. The van der Waals surface area contributed by atoms with Crippen LogP contribution in [0.1, 0.15) is 20.8 Å². The fourth-order valence-electron chi connectivity index (χ4n) is 1.01. The minimum absolute atomic E-state index is 0.293. The lowest BCUT2D eigenvalue weighted by atomic mass is 10.3. The van der Waals surface area contributed by atoms with E-state index in [-0.39, 0.29) is 0 Å². The molecule has 0 heterocycles. The molecule has 15 heavy (non-hydrogen) atoms. The Morgan fingerprint density at radius 1 is 1.47 bits per heavy atom. The van der Waals surface area contributed by atoms with Gasteiger partial charge in [0.2, 0.25) is 0 Å². The zero-order valence-corrected chi connectivity index (χ0v) is 10.2. The van der Waals surface area contributed by atoms with Crippen LogP contribution in [0.25, 0.3) is 0 Å². The monoisotopic (exact) mass is 228 g/mol. The number of aliphatic imine (C=N–C) groups is 1. The van der Waals surface area contributed by atoms with Crippen molar-refractivity contribution < 1.29 is 4.39 Å². The summed E-state index contributed by atoms with van der Waals surface area (Å²) in [6.07, 6.45) is 0. The quantitative estimate of drug-likeness (QED) is 0.484. The molecule has 0 aliphatic heterocycles. The van der Waals surface area contributed by atoms with E-state index in [1.807, 2.05) is 20.8 Å². The predicted molar refractivity (Wildman–Crippen MR) is 67.8 cm³/mol. The Balaban J connectivity index is 0.000000921. The van der Waals surface area contributed by atoms with Crippen LogP contribution in [-0.2, 0) is 0 Å². The third-order valence-electron chi connectivity index (χ3n) is 1.51. The number of halogens is 1. The largest absolute Gasteiger partial charge is 0.399 e. The molecule has 1 aromatic rings. The van der Waals surface area contributed by atoms with Crippen molar-refractivity contribution in [2.45, 2.75) is 25.7 Å². The van der Waals surface area contributed by atoms with E-state index in [0.717, 1.165) is 10.6 Å². The lowest BCUT2D eigenvalue weighted by molar-refractivity contribution is 0.627. The summed E-state index contributed by atoms with van der Waals surface area (Å²) in [5.41, 5.74) is 6.21. The first-order chi connectivity index (χ1) is 7.19. The number of hydrogen-bond donors (Lipinski definition) is 1. The molecule has 1 aromatic carbocycles. The second-order valence-electron chi connectivity index (χ2n) is 2.44. The Kier molecular flexibility index (Phi) is 6.79. The van der Waals surface area contributed by atoms with Gasteiger partial charge in [-0.05, 0) is 24.6 Å². The maximum absolute atomic E-state index is 13.2. The maximum atomic E-state index is 13.2. The second-order valence-corrected chi connectivity index (χ2v) is 3.75. The van der Waals surface area contributed by atoms with Crippen LogP contribution in [0.3, 0.4) is 0 Å². The SMILES string of the molecule is C=Nc1c(F)cc(N)cc1SCC.CC. The first-order valence-electron chi connectivity index (χ1n) is 4.87. The van der Waals surface area contributed by atoms with Crippen molar-refractivity contribution >= 4 is 29.9 Å². The fraction of sp³-hybridized carbons (Fsp3) is 0.364. The molecule has 4 heteroatoms. The summed E-state index contributed by atoms with van der Waals surface area (Å²) >= 11 is 1.50. The molecule has 2 nitrogen and oxygen atoms in total. The van der Waals surface area contributed by atoms with E-state index in [4.69, 9.17) is 5.73 Å². The smallest absolute Gasteiger partial charge is 0.151 e. The van der Waals surface area contributed by atoms with Gasteiger partial charge in [0.15, 0.2) is 5.82 Å². The molecule has 1 rings (SSSR count). The van der Waals surface area contributed by atoms with Gasteiger partial charge in [0.25, 0.3) is 0 Å². The average molecular weight is 228 g/mol.